The number of sulfone groups is 1. The minimum atomic E-state index is -3.10. The number of hydrogen-bond donors (Lipinski definition) is 2. The van der Waals surface area contributed by atoms with Crippen LogP contribution in [0.2, 0.25) is 0 Å². The van der Waals surface area contributed by atoms with Crippen molar-refractivity contribution in [1.29, 1.82) is 0 Å². The van der Waals surface area contributed by atoms with Gasteiger partial charge < -0.3 is 15.3 Å². The van der Waals surface area contributed by atoms with Crippen LogP contribution in [0.5, 0.6) is 0 Å². The summed E-state index contributed by atoms with van der Waals surface area (Å²) >= 11 is 0. The standard InChI is InChI=1S/C8H14N2O4S/c11-8(12)10-3-7(4-10)15(13,14)5-6-1-9-2-6/h6-7,9H,1-5H2,(H,11,12). The highest BCUT2D eigenvalue weighted by Crippen LogP contribution is 2.20. The normalized spacial score (nSPS) is 23.3. The summed E-state index contributed by atoms with van der Waals surface area (Å²) in [5.74, 6) is 0.409. The second-order valence-corrected chi connectivity index (χ2v) is 6.49. The summed E-state index contributed by atoms with van der Waals surface area (Å²) in [4.78, 5) is 11.6. The van der Waals surface area contributed by atoms with Gasteiger partial charge in [0, 0.05) is 26.2 Å². The Morgan fingerprint density at radius 2 is 2.00 bits per heavy atom. The van der Waals surface area contributed by atoms with Crippen molar-refractivity contribution in [2.75, 3.05) is 31.9 Å². The van der Waals surface area contributed by atoms with Gasteiger partial charge in [0.25, 0.3) is 0 Å². The van der Waals surface area contributed by atoms with Crippen LogP contribution in [0.25, 0.3) is 0 Å². The lowest BCUT2D eigenvalue weighted by Gasteiger charge is -2.38. The van der Waals surface area contributed by atoms with Gasteiger partial charge in [-0.05, 0) is 5.92 Å². The molecule has 6 nitrogen and oxygen atoms in total. The SMILES string of the molecule is O=C(O)N1CC(S(=O)(=O)CC2CNC2)C1. The van der Waals surface area contributed by atoms with E-state index < -0.39 is 21.2 Å². The Kier molecular flexibility index (Phi) is 2.59. The van der Waals surface area contributed by atoms with Crippen molar-refractivity contribution in [3.8, 4) is 0 Å². The molecule has 0 aromatic rings. The predicted octanol–water partition coefficient (Wildman–Crippen LogP) is -1.02. The zero-order valence-electron chi connectivity index (χ0n) is 8.22. The van der Waals surface area contributed by atoms with Crippen molar-refractivity contribution in [2.45, 2.75) is 5.25 Å². The molecule has 2 saturated heterocycles. The Morgan fingerprint density at radius 3 is 2.40 bits per heavy atom. The lowest BCUT2D eigenvalue weighted by molar-refractivity contribution is 0.119. The number of nitrogens with zero attached hydrogens (tertiary/aromatic N) is 1. The number of likely N-dealkylation sites (tertiary alicyclic amines) is 1. The molecular weight excluding hydrogens is 220 g/mol. The molecule has 2 heterocycles. The number of hydrogen-bond acceptors (Lipinski definition) is 4. The monoisotopic (exact) mass is 234 g/mol. The molecule has 0 saturated carbocycles. The molecular formula is C8H14N2O4S. The van der Waals surface area contributed by atoms with Crippen LogP contribution in [0.3, 0.4) is 0 Å². The van der Waals surface area contributed by atoms with E-state index in [4.69, 9.17) is 5.11 Å². The Morgan fingerprint density at radius 1 is 1.40 bits per heavy atom. The largest absolute Gasteiger partial charge is 0.465 e. The minimum Gasteiger partial charge on any atom is -0.465 e. The van der Waals surface area contributed by atoms with Crippen LogP contribution in [-0.4, -0.2) is 61.7 Å². The highest BCUT2D eigenvalue weighted by molar-refractivity contribution is 7.92. The first kappa shape index (κ1) is 10.7. The van der Waals surface area contributed by atoms with Crippen LogP contribution < -0.4 is 5.32 Å². The third-order valence-corrected chi connectivity index (χ3v) is 5.21. The van der Waals surface area contributed by atoms with E-state index in [0.29, 0.717) is 0 Å². The fraction of sp³-hybridized carbons (Fsp3) is 0.875. The van der Waals surface area contributed by atoms with Crippen LogP contribution in [0.1, 0.15) is 0 Å². The third-order valence-electron chi connectivity index (χ3n) is 2.96. The Bertz CT molecular complexity index is 357. The number of nitrogens with one attached hydrogen (secondary N) is 1. The molecule has 15 heavy (non-hydrogen) atoms. The van der Waals surface area contributed by atoms with Crippen LogP contribution in [-0.2, 0) is 9.84 Å². The van der Waals surface area contributed by atoms with Gasteiger partial charge in [-0.15, -0.1) is 0 Å². The van der Waals surface area contributed by atoms with E-state index >= 15 is 0 Å². The Balaban J connectivity index is 1.86. The summed E-state index contributed by atoms with van der Waals surface area (Å²) in [6.07, 6.45) is -1.04. The van der Waals surface area contributed by atoms with Crippen molar-refractivity contribution < 1.29 is 18.3 Å². The Hall–Kier alpha value is -0.820. The van der Waals surface area contributed by atoms with Gasteiger partial charge in [0.2, 0.25) is 0 Å². The van der Waals surface area contributed by atoms with Crippen molar-refractivity contribution in [3.05, 3.63) is 0 Å². The fourth-order valence-electron chi connectivity index (χ4n) is 1.75. The maximum atomic E-state index is 11.7. The highest BCUT2D eigenvalue weighted by atomic mass is 32.2. The molecule has 0 bridgehead atoms. The van der Waals surface area contributed by atoms with Crippen LogP contribution in [0.4, 0.5) is 4.79 Å². The summed E-state index contributed by atoms with van der Waals surface area (Å²) in [6, 6.07) is 0. The lowest BCUT2D eigenvalue weighted by atomic mass is 10.1. The molecule has 0 spiro atoms. The molecule has 0 aromatic heterocycles. The molecule has 86 valence electrons. The van der Waals surface area contributed by atoms with Crippen molar-refractivity contribution >= 4 is 15.9 Å². The van der Waals surface area contributed by atoms with E-state index in [1.807, 2.05) is 0 Å². The molecule has 1 amide bonds. The summed E-state index contributed by atoms with van der Waals surface area (Å²) in [6.45, 7) is 1.79. The summed E-state index contributed by atoms with van der Waals surface area (Å²) in [5.41, 5.74) is 0. The fourth-order valence-corrected chi connectivity index (χ4v) is 3.73. The first-order valence-electron chi connectivity index (χ1n) is 4.89. The predicted molar refractivity (Wildman–Crippen MR) is 53.5 cm³/mol. The molecule has 2 aliphatic rings. The maximum Gasteiger partial charge on any atom is 0.407 e. The molecule has 2 N–H and O–H groups in total. The molecule has 2 aliphatic heterocycles. The molecule has 0 unspecified atom stereocenters. The van der Waals surface area contributed by atoms with Crippen LogP contribution >= 0.6 is 0 Å². The van der Waals surface area contributed by atoms with Gasteiger partial charge in [0.05, 0.1) is 11.0 Å². The van der Waals surface area contributed by atoms with Gasteiger partial charge in [-0.25, -0.2) is 13.2 Å². The average Bonchev–Trinajstić information content (AvgIpc) is 1.92. The first-order chi connectivity index (χ1) is 6.99. The molecule has 0 aromatic carbocycles. The molecule has 0 atom stereocenters. The van der Waals surface area contributed by atoms with E-state index in [9.17, 15) is 13.2 Å². The van der Waals surface area contributed by atoms with Gasteiger partial charge >= 0.3 is 6.09 Å². The van der Waals surface area contributed by atoms with Gasteiger partial charge in [-0.3, -0.25) is 0 Å². The molecule has 2 rings (SSSR count). The van der Waals surface area contributed by atoms with Crippen molar-refractivity contribution in [3.63, 3.8) is 0 Å². The molecule has 0 aliphatic carbocycles. The number of carboxylic acid groups (broad SMARTS) is 1. The van der Waals surface area contributed by atoms with Gasteiger partial charge in [0.15, 0.2) is 9.84 Å². The van der Waals surface area contributed by atoms with Crippen molar-refractivity contribution in [1.82, 2.24) is 10.2 Å². The molecule has 0 radical (unpaired) electrons. The van der Waals surface area contributed by atoms with Gasteiger partial charge in [-0.2, -0.15) is 0 Å². The number of amides is 1. The summed E-state index contributed by atoms with van der Waals surface area (Å²) in [7, 11) is -3.10. The average molecular weight is 234 g/mol. The van der Waals surface area contributed by atoms with E-state index in [1.54, 1.807) is 0 Å². The Labute approximate surface area is 88.2 Å². The number of carbonyl (C=O) groups is 1. The highest BCUT2D eigenvalue weighted by Gasteiger charge is 2.41. The summed E-state index contributed by atoms with van der Waals surface area (Å²) < 4.78 is 23.5. The second kappa shape index (κ2) is 3.64. The van der Waals surface area contributed by atoms with Crippen LogP contribution in [0.15, 0.2) is 0 Å². The molecule has 2 fully saturated rings. The first-order valence-corrected chi connectivity index (χ1v) is 6.61. The second-order valence-electron chi connectivity index (χ2n) is 4.16. The smallest absolute Gasteiger partial charge is 0.407 e. The van der Waals surface area contributed by atoms with E-state index in [1.165, 1.54) is 0 Å². The minimum absolute atomic E-state index is 0.137. The molecule has 7 heteroatoms. The topological polar surface area (TPSA) is 86.7 Å². The quantitative estimate of drug-likeness (QED) is 0.653. The van der Waals surface area contributed by atoms with E-state index in [2.05, 4.69) is 5.32 Å². The lowest BCUT2D eigenvalue weighted by Crippen LogP contribution is -2.58. The van der Waals surface area contributed by atoms with Crippen LogP contribution in [0, 0.1) is 5.92 Å². The zero-order chi connectivity index (χ0) is 11.1. The van der Waals surface area contributed by atoms with Gasteiger partial charge in [-0.1, -0.05) is 0 Å². The van der Waals surface area contributed by atoms with Gasteiger partial charge in [0.1, 0.15) is 0 Å². The third kappa shape index (κ3) is 2.07. The van der Waals surface area contributed by atoms with Crippen molar-refractivity contribution in [2.24, 2.45) is 5.92 Å². The summed E-state index contributed by atoms with van der Waals surface area (Å²) in [5, 5.41) is 11.1. The zero-order valence-corrected chi connectivity index (χ0v) is 9.03. The van der Waals surface area contributed by atoms with E-state index in [-0.39, 0.29) is 24.8 Å². The maximum absolute atomic E-state index is 11.7. The van der Waals surface area contributed by atoms with E-state index in [0.717, 1.165) is 18.0 Å². The number of rotatable bonds is 3.